The van der Waals surface area contributed by atoms with Crippen LogP contribution in [0.25, 0.3) is 16.5 Å². The van der Waals surface area contributed by atoms with E-state index < -0.39 is 0 Å². The fourth-order valence-corrected chi connectivity index (χ4v) is 5.44. The fraction of sp³-hybridized carbons (Fsp3) is 0.370. The van der Waals surface area contributed by atoms with Crippen LogP contribution in [0.1, 0.15) is 48.8 Å². The molecule has 0 atom stereocenters. The van der Waals surface area contributed by atoms with Crippen molar-refractivity contribution in [1.82, 2.24) is 9.47 Å². The number of carbonyl (C=O) groups is 1. The van der Waals surface area contributed by atoms with Gasteiger partial charge in [0.2, 0.25) is 0 Å². The van der Waals surface area contributed by atoms with Crippen molar-refractivity contribution in [3.63, 3.8) is 0 Å². The van der Waals surface area contributed by atoms with E-state index in [-0.39, 0.29) is 24.1 Å². The van der Waals surface area contributed by atoms with Crippen LogP contribution in [0.3, 0.4) is 0 Å². The van der Waals surface area contributed by atoms with Crippen molar-refractivity contribution in [2.24, 2.45) is 7.05 Å². The van der Waals surface area contributed by atoms with Gasteiger partial charge < -0.3 is 14.4 Å². The molecule has 5 nitrogen and oxygen atoms in total. The van der Waals surface area contributed by atoms with Gasteiger partial charge in [0.1, 0.15) is 5.75 Å². The predicted molar refractivity (Wildman–Crippen MR) is 143 cm³/mol. The van der Waals surface area contributed by atoms with E-state index in [1.807, 2.05) is 38.2 Å². The van der Waals surface area contributed by atoms with Crippen molar-refractivity contribution >= 4 is 46.6 Å². The summed E-state index contributed by atoms with van der Waals surface area (Å²) in [6.07, 6.45) is 3.11. The molecule has 0 saturated heterocycles. The standard InChI is InChI=1S/C27H32N2O3S.ClH/c1-5-32-27(31)26-22-16-25(30)21(19-11-13-29(14-12-19)18(2)3)15-23(22)28(4)24(26)17-33-20-9-7-6-8-10-20;/h6-11,15-16,18,30H,5,12-14,17H2,1-4H3;1H. The molecule has 4 rings (SSSR count). The first-order valence-corrected chi connectivity index (χ1v) is 12.5. The highest BCUT2D eigenvalue weighted by Gasteiger charge is 2.25. The Morgan fingerprint density at radius 1 is 1.21 bits per heavy atom. The Hall–Kier alpha value is -2.41. The SMILES string of the molecule is CCOC(=O)c1c(CSc2ccccc2)n(C)c2cc(C3=CCN(C(C)C)CC3)c(O)cc12.Cl. The van der Waals surface area contributed by atoms with E-state index in [2.05, 4.69) is 41.5 Å². The highest BCUT2D eigenvalue weighted by Crippen LogP contribution is 2.38. The van der Waals surface area contributed by atoms with Crippen LogP contribution in [0.5, 0.6) is 5.75 Å². The van der Waals surface area contributed by atoms with E-state index in [9.17, 15) is 9.90 Å². The monoisotopic (exact) mass is 500 g/mol. The summed E-state index contributed by atoms with van der Waals surface area (Å²) < 4.78 is 7.48. The van der Waals surface area contributed by atoms with Crippen molar-refractivity contribution in [2.45, 2.75) is 43.9 Å². The second-order valence-electron chi connectivity index (χ2n) is 8.66. The van der Waals surface area contributed by atoms with Crippen molar-refractivity contribution in [3.05, 3.63) is 65.4 Å². The summed E-state index contributed by atoms with van der Waals surface area (Å²) in [4.78, 5) is 16.5. The third-order valence-corrected chi connectivity index (χ3v) is 7.38. The number of fused-ring (bicyclic) bond motifs is 1. The normalized spacial score (nSPS) is 14.2. The van der Waals surface area contributed by atoms with Gasteiger partial charge in [-0.2, -0.15) is 0 Å². The molecule has 1 aliphatic rings. The first-order chi connectivity index (χ1) is 15.9. The molecule has 182 valence electrons. The van der Waals surface area contributed by atoms with Gasteiger partial charge in [0.25, 0.3) is 0 Å². The zero-order valence-corrected chi connectivity index (χ0v) is 21.8. The van der Waals surface area contributed by atoms with E-state index in [1.165, 1.54) is 0 Å². The fourth-order valence-electron chi connectivity index (χ4n) is 4.45. The first-order valence-electron chi connectivity index (χ1n) is 11.5. The molecule has 0 aliphatic carbocycles. The first kappa shape index (κ1) is 26.2. The Balaban J connectivity index is 0.00000324. The van der Waals surface area contributed by atoms with Crippen LogP contribution in [-0.4, -0.2) is 46.3 Å². The number of benzene rings is 2. The number of hydrogen-bond donors (Lipinski definition) is 1. The van der Waals surface area contributed by atoms with Crippen molar-refractivity contribution in [2.75, 3.05) is 19.7 Å². The molecule has 3 aromatic rings. The van der Waals surface area contributed by atoms with E-state index in [4.69, 9.17) is 4.74 Å². The van der Waals surface area contributed by atoms with Gasteiger partial charge >= 0.3 is 5.97 Å². The number of ether oxygens (including phenoxy) is 1. The Bertz CT molecular complexity index is 1190. The smallest absolute Gasteiger partial charge is 0.340 e. The summed E-state index contributed by atoms with van der Waals surface area (Å²) in [5.41, 5.74) is 4.39. The van der Waals surface area contributed by atoms with Crippen LogP contribution in [-0.2, 0) is 17.5 Å². The lowest BCUT2D eigenvalue weighted by molar-refractivity contribution is 0.0527. The lowest BCUT2D eigenvalue weighted by Gasteiger charge is -2.30. The summed E-state index contributed by atoms with van der Waals surface area (Å²) in [5.74, 6) is 0.499. The lowest BCUT2D eigenvalue weighted by atomic mass is 9.96. The van der Waals surface area contributed by atoms with Gasteiger partial charge in [0.15, 0.2) is 0 Å². The molecule has 0 saturated carbocycles. The van der Waals surface area contributed by atoms with Crippen molar-refractivity contribution in [3.8, 4) is 5.75 Å². The van der Waals surface area contributed by atoms with Crippen molar-refractivity contribution in [1.29, 1.82) is 0 Å². The van der Waals surface area contributed by atoms with Crippen LogP contribution >= 0.6 is 24.2 Å². The number of nitrogens with zero attached hydrogens (tertiary/aromatic N) is 2. The molecule has 2 heterocycles. The molecule has 1 N–H and O–H groups in total. The molecule has 1 aromatic heterocycles. The van der Waals surface area contributed by atoms with Crippen LogP contribution in [0, 0.1) is 0 Å². The van der Waals surface area contributed by atoms with E-state index in [0.29, 0.717) is 24.0 Å². The second-order valence-corrected chi connectivity index (χ2v) is 9.71. The molecule has 0 fully saturated rings. The number of esters is 1. The number of rotatable bonds is 7. The minimum absolute atomic E-state index is 0. The van der Waals surface area contributed by atoms with Crippen LogP contribution in [0.2, 0.25) is 0 Å². The summed E-state index contributed by atoms with van der Waals surface area (Å²) in [6, 6.07) is 14.4. The van der Waals surface area contributed by atoms with Gasteiger partial charge in [-0.05, 0) is 57.0 Å². The number of aryl methyl sites for hydroxylation is 1. The average molecular weight is 501 g/mol. The summed E-state index contributed by atoms with van der Waals surface area (Å²) in [7, 11) is 1.99. The van der Waals surface area contributed by atoms with Gasteiger partial charge in [-0.1, -0.05) is 24.3 Å². The predicted octanol–water partition coefficient (Wildman–Crippen LogP) is 6.27. The molecule has 34 heavy (non-hydrogen) atoms. The van der Waals surface area contributed by atoms with Crippen LogP contribution < -0.4 is 0 Å². The highest BCUT2D eigenvalue weighted by molar-refractivity contribution is 7.98. The molecular weight excluding hydrogens is 468 g/mol. The van der Waals surface area contributed by atoms with Gasteiger partial charge in [0, 0.05) is 59.0 Å². The number of carbonyl (C=O) groups excluding carboxylic acids is 1. The zero-order valence-electron chi connectivity index (χ0n) is 20.2. The maximum absolute atomic E-state index is 13.0. The van der Waals surface area contributed by atoms with Gasteiger partial charge in [-0.15, -0.1) is 24.2 Å². The van der Waals surface area contributed by atoms with E-state index in [1.54, 1.807) is 17.8 Å². The average Bonchev–Trinajstić information content (AvgIpc) is 3.08. The number of phenols is 1. The van der Waals surface area contributed by atoms with Gasteiger partial charge in [-0.3, -0.25) is 4.90 Å². The quantitative estimate of drug-likeness (QED) is 0.306. The van der Waals surface area contributed by atoms with Gasteiger partial charge in [0.05, 0.1) is 12.2 Å². The molecule has 0 bridgehead atoms. The largest absolute Gasteiger partial charge is 0.507 e. The maximum Gasteiger partial charge on any atom is 0.340 e. The van der Waals surface area contributed by atoms with Crippen molar-refractivity contribution < 1.29 is 14.6 Å². The lowest BCUT2D eigenvalue weighted by Crippen LogP contribution is -2.34. The van der Waals surface area contributed by atoms with Crippen LogP contribution in [0.15, 0.2) is 53.4 Å². The Kier molecular flexibility index (Phi) is 8.74. The Labute approximate surface area is 212 Å². The molecule has 0 unspecified atom stereocenters. The zero-order chi connectivity index (χ0) is 23.5. The number of aromatic nitrogens is 1. The summed E-state index contributed by atoms with van der Waals surface area (Å²) in [5, 5.41) is 11.7. The Morgan fingerprint density at radius 2 is 1.94 bits per heavy atom. The number of thioether (sulfide) groups is 1. The van der Waals surface area contributed by atoms with E-state index >= 15 is 0 Å². The van der Waals surface area contributed by atoms with Gasteiger partial charge in [-0.25, -0.2) is 4.79 Å². The molecule has 0 radical (unpaired) electrons. The minimum atomic E-state index is -0.344. The molecule has 7 heteroatoms. The van der Waals surface area contributed by atoms with Crippen LogP contribution in [0.4, 0.5) is 0 Å². The molecule has 2 aromatic carbocycles. The molecule has 1 aliphatic heterocycles. The highest BCUT2D eigenvalue weighted by atomic mass is 35.5. The third kappa shape index (κ3) is 5.29. The summed E-state index contributed by atoms with van der Waals surface area (Å²) in [6.45, 7) is 8.39. The number of aromatic hydroxyl groups is 1. The maximum atomic E-state index is 13.0. The molecule has 0 spiro atoms. The number of halogens is 1. The molecular formula is C27H33ClN2O3S. The number of phenolic OH excluding ortho intramolecular Hbond substituents is 1. The number of hydrogen-bond acceptors (Lipinski definition) is 5. The minimum Gasteiger partial charge on any atom is -0.507 e. The third-order valence-electron chi connectivity index (χ3n) is 6.35. The summed E-state index contributed by atoms with van der Waals surface area (Å²) >= 11 is 1.68. The Morgan fingerprint density at radius 3 is 2.56 bits per heavy atom. The topological polar surface area (TPSA) is 54.7 Å². The van der Waals surface area contributed by atoms with E-state index in [0.717, 1.165) is 52.1 Å². The molecule has 0 amide bonds. The second kappa shape index (κ2) is 11.3.